The Morgan fingerprint density at radius 1 is 1.45 bits per heavy atom. The van der Waals surface area contributed by atoms with Gasteiger partial charge in [-0.25, -0.2) is 4.79 Å². The van der Waals surface area contributed by atoms with Crippen molar-refractivity contribution in [2.45, 2.75) is 38.5 Å². The van der Waals surface area contributed by atoms with Crippen LogP contribution in [0.3, 0.4) is 0 Å². The van der Waals surface area contributed by atoms with E-state index in [1.165, 1.54) is 4.88 Å². The molecule has 0 bridgehead atoms. The van der Waals surface area contributed by atoms with Gasteiger partial charge in [-0.15, -0.1) is 11.3 Å². The summed E-state index contributed by atoms with van der Waals surface area (Å²) in [6.07, 6.45) is 2.34. The Morgan fingerprint density at radius 2 is 2.27 bits per heavy atom. The van der Waals surface area contributed by atoms with Crippen LogP contribution in [-0.2, 0) is 11.3 Å². The molecule has 2 amide bonds. The Hall–Kier alpha value is -1.11. The fraction of sp³-hybridized carbons (Fsp3) is 0.688. The maximum absolute atomic E-state index is 12.3. The van der Waals surface area contributed by atoms with Crippen LogP contribution in [0.2, 0.25) is 0 Å². The lowest BCUT2D eigenvalue weighted by Crippen LogP contribution is -2.54. The van der Waals surface area contributed by atoms with Crippen LogP contribution in [0.5, 0.6) is 0 Å². The normalized spacial score (nSPS) is 24.4. The van der Waals surface area contributed by atoms with Crippen LogP contribution in [0.1, 0.15) is 24.6 Å². The summed E-state index contributed by atoms with van der Waals surface area (Å²) in [5.74, 6) is 0. The van der Waals surface area contributed by atoms with Crippen molar-refractivity contribution < 1.29 is 9.53 Å². The molecule has 1 aromatic heterocycles. The lowest BCUT2D eigenvalue weighted by Gasteiger charge is -2.35. The van der Waals surface area contributed by atoms with Gasteiger partial charge >= 0.3 is 6.03 Å². The van der Waals surface area contributed by atoms with Gasteiger partial charge in [-0.2, -0.15) is 0 Å². The van der Waals surface area contributed by atoms with Gasteiger partial charge < -0.3 is 15.0 Å². The quantitative estimate of drug-likeness (QED) is 0.923. The number of thiophene rings is 1. The van der Waals surface area contributed by atoms with Gasteiger partial charge in [0.05, 0.1) is 12.1 Å². The highest BCUT2D eigenvalue weighted by molar-refractivity contribution is 7.09. The lowest BCUT2D eigenvalue weighted by atomic mass is 10.1. The first kappa shape index (κ1) is 15.8. The van der Waals surface area contributed by atoms with Gasteiger partial charge in [0.2, 0.25) is 0 Å². The Morgan fingerprint density at radius 3 is 2.91 bits per heavy atom. The molecule has 0 aromatic carbocycles. The minimum absolute atomic E-state index is 0.0544. The third-order valence-electron chi connectivity index (χ3n) is 4.49. The Balaban J connectivity index is 1.41. The van der Waals surface area contributed by atoms with E-state index in [0.29, 0.717) is 0 Å². The average molecular weight is 323 g/mol. The van der Waals surface area contributed by atoms with E-state index in [1.807, 2.05) is 11.8 Å². The van der Waals surface area contributed by atoms with E-state index in [1.54, 1.807) is 11.3 Å². The Bertz CT molecular complexity index is 466. The van der Waals surface area contributed by atoms with E-state index in [-0.39, 0.29) is 18.2 Å². The molecule has 2 aliphatic rings. The number of piperazine rings is 1. The summed E-state index contributed by atoms with van der Waals surface area (Å²) < 4.78 is 5.64. The first-order chi connectivity index (χ1) is 10.7. The molecule has 5 nitrogen and oxygen atoms in total. The monoisotopic (exact) mass is 323 g/mol. The highest BCUT2D eigenvalue weighted by atomic mass is 32.1. The van der Waals surface area contributed by atoms with Crippen LogP contribution >= 0.6 is 11.3 Å². The number of amides is 2. The number of nitrogens with zero attached hydrogens (tertiary/aromatic N) is 2. The number of hydrogen-bond donors (Lipinski definition) is 1. The lowest BCUT2D eigenvalue weighted by molar-refractivity contribution is 0.0801. The summed E-state index contributed by atoms with van der Waals surface area (Å²) in [5.41, 5.74) is 0. The molecule has 1 aromatic rings. The molecule has 2 fully saturated rings. The van der Waals surface area contributed by atoms with Gasteiger partial charge in [0.25, 0.3) is 0 Å². The van der Waals surface area contributed by atoms with Gasteiger partial charge in [-0.05, 0) is 31.2 Å². The summed E-state index contributed by atoms with van der Waals surface area (Å²) in [6, 6.07) is 4.42. The van der Waals surface area contributed by atoms with Crippen molar-refractivity contribution in [2.75, 3.05) is 32.8 Å². The predicted octanol–water partition coefficient (Wildman–Crippen LogP) is 2.14. The molecule has 22 heavy (non-hydrogen) atoms. The molecule has 0 unspecified atom stereocenters. The van der Waals surface area contributed by atoms with Crippen LogP contribution < -0.4 is 5.32 Å². The molecule has 0 radical (unpaired) electrons. The van der Waals surface area contributed by atoms with Crippen LogP contribution in [0.4, 0.5) is 4.79 Å². The smallest absolute Gasteiger partial charge is 0.317 e. The molecule has 2 atom stereocenters. The van der Waals surface area contributed by atoms with E-state index >= 15 is 0 Å². The molecule has 0 spiro atoms. The zero-order valence-electron chi connectivity index (χ0n) is 13.2. The third kappa shape index (κ3) is 4.00. The van der Waals surface area contributed by atoms with Crippen molar-refractivity contribution in [3.05, 3.63) is 22.4 Å². The maximum atomic E-state index is 12.3. The topological polar surface area (TPSA) is 44.8 Å². The predicted molar refractivity (Wildman–Crippen MR) is 88.1 cm³/mol. The van der Waals surface area contributed by atoms with Gasteiger partial charge in [0.15, 0.2) is 0 Å². The minimum Gasteiger partial charge on any atom is -0.376 e. The molecule has 1 N–H and O–H groups in total. The molecule has 122 valence electrons. The Kier molecular flexibility index (Phi) is 5.33. The zero-order chi connectivity index (χ0) is 15.4. The van der Waals surface area contributed by atoms with E-state index in [4.69, 9.17) is 4.74 Å². The van der Waals surface area contributed by atoms with E-state index in [0.717, 1.165) is 52.2 Å². The molecule has 2 saturated heterocycles. The summed E-state index contributed by atoms with van der Waals surface area (Å²) in [7, 11) is 0. The zero-order valence-corrected chi connectivity index (χ0v) is 14.0. The number of carbonyl (C=O) groups excluding carboxylic acids is 1. The summed E-state index contributed by atoms with van der Waals surface area (Å²) in [6.45, 7) is 7.36. The first-order valence-corrected chi connectivity index (χ1v) is 9.02. The fourth-order valence-corrected chi connectivity index (χ4v) is 3.85. The van der Waals surface area contributed by atoms with Crippen molar-refractivity contribution in [3.63, 3.8) is 0 Å². The number of hydrogen-bond acceptors (Lipinski definition) is 4. The van der Waals surface area contributed by atoms with Crippen LogP contribution in [0, 0.1) is 0 Å². The molecular weight excluding hydrogens is 298 g/mol. The highest BCUT2D eigenvalue weighted by Gasteiger charge is 2.27. The number of ether oxygens (including phenoxy) is 1. The Labute approximate surface area is 136 Å². The largest absolute Gasteiger partial charge is 0.376 e. The molecule has 3 rings (SSSR count). The van der Waals surface area contributed by atoms with E-state index < -0.39 is 0 Å². The third-order valence-corrected chi connectivity index (χ3v) is 5.35. The summed E-state index contributed by atoms with van der Waals surface area (Å²) >= 11 is 1.80. The van der Waals surface area contributed by atoms with Crippen molar-refractivity contribution in [3.8, 4) is 0 Å². The second-order valence-electron chi connectivity index (χ2n) is 6.13. The number of rotatable bonds is 4. The van der Waals surface area contributed by atoms with Gasteiger partial charge in [-0.3, -0.25) is 4.90 Å². The summed E-state index contributed by atoms with van der Waals surface area (Å²) in [5, 5.41) is 5.21. The fourth-order valence-electron chi connectivity index (χ4n) is 3.11. The molecule has 3 heterocycles. The number of urea groups is 1. The second kappa shape index (κ2) is 7.44. The van der Waals surface area contributed by atoms with E-state index in [2.05, 4.69) is 27.7 Å². The van der Waals surface area contributed by atoms with Crippen molar-refractivity contribution in [1.29, 1.82) is 0 Å². The number of nitrogens with one attached hydrogen (secondary N) is 1. The SMILES string of the molecule is C[C@@H](NC(=O)N1CCN(Cc2cccs2)CC1)[C@H]1CCCO1. The highest BCUT2D eigenvalue weighted by Crippen LogP contribution is 2.16. The molecule has 6 heteroatoms. The van der Waals surface area contributed by atoms with Crippen molar-refractivity contribution >= 4 is 17.4 Å². The maximum Gasteiger partial charge on any atom is 0.317 e. The summed E-state index contributed by atoms with van der Waals surface area (Å²) in [4.78, 5) is 18.1. The molecule has 0 saturated carbocycles. The van der Waals surface area contributed by atoms with Crippen molar-refractivity contribution in [1.82, 2.24) is 15.1 Å². The van der Waals surface area contributed by atoms with Gasteiger partial charge in [0, 0.05) is 44.2 Å². The van der Waals surface area contributed by atoms with Crippen LogP contribution in [0.15, 0.2) is 17.5 Å². The van der Waals surface area contributed by atoms with Gasteiger partial charge in [0.1, 0.15) is 0 Å². The van der Waals surface area contributed by atoms with Crippen LogP contribution in [-0.4, -0.2) is 60.8 Å². The second-order valence-corrected chi connectivity index (χ2v) is 7.16. The van der Waals surface area contributed by atoms with Gasteiger partial charge in [-0.1, -0.05) is 6.07 Å². The molecule has 2 aliphatic heterocycles. The average Bonchev–Trinajstić information content (AvgIpc) is 3.21. The van der Waals surface area contributed by atoms with E-state index in [9.17, 15) is 4.79 Å². The standard InChI is InChI=1S/C16H25N3O2S/c1-13(15-5-2-10-21-15)17-16(20)19-8-6-18(7-9-19)12-14-4-3-11-22-14/h3-4,11,13,15H,2,5-10,12H2,1H3,(H,17,20)/t13-,15-/m1/s1. The van der Waals surface area contributed by atoms with Crippen LogP contribution in [0.25, 0.3) is 0 Å². The molecular formula is C16H25N3O2S. The first-order valence-electron chi connectivity index (χ1n) is 8.14. The minimum atomic E-state index is 0.0544. The number of carbonyl (C=O) groups is 1. The van der Waals surface area contributed by atoms with Crippen molar-refractivity contribution in [2.24, 2.45) is 0 Å². The molecule has 0 aliphatic carbocycles.